The lowest BCUT2D eigenvalue weighted by molar-refractivity contribution is -0.305. The lowest BCUT2D eigenvalue weighted by Crippen LogP contribution is -2.61. The van der Waals surface area contributed by atoms with Crippen molar-refractivity contribution in [2.45, 2.75) is 282 Å². The molecule has 1 aliphatic heterocycles. The van der Waals surface area contributed by atoms with E-state index in [1.165, 1.54) is 109 Å². The number of amides is 1. The number of unbranched alkanes of at least 4 members (excludes halogenated alkanes) is 26. The number of aliphatic hydroxyl groups excluding tert-OH is 5. The molecule has 1 fully saturated rings. The second kappa shape index (κ2) is 49.7. The van der Waals surface area contributed by atoms with Gasteiger partial charge in [-0.3, -0.25) is 9.59 Å². The van der Waals surface area contributed by atoms with Crippen molar-refractivity contribution in [2.75, 3.05) is 13.2 Å². The maximum absolute atomic E-state index is 13.4. The molecule has 11 heteroatoms. The van der Waals surface area contributed by atoms with E-state index in [1.807, 2.05) is 60.8 Å². The Morgan fingerprint density at radius 2 is 1.00 bits per heavy atom. The molecule has 8 unspecified atom stereocenters. The lowest BCUT2D eigenvalue weighted by Gasteiger charge is -2.41. The number of rotatable bonds is 48. The molecule has 0 aliphatic carbocycles. The molecular weight excluding hydrogens is 919 g/mol. The van der Waals surface area contributed by atoms with E-state index in [9.17, 15) is 35.1 Å². The SMILES string of the molecule is CC/C=C/C=C/C=C\C=C/C=C/CCCCC(O)C(=O)NC(COC1OC(CO)C(O)C(O)C1OC(=O)CCCCCCCCC/C=C/CCCCCCCC)C(O)/C=C/CCCCCCCCCCCCC. The molecule has 1 heterocycles. The van der Waals surface area contributed by atoms with Crippen molar-refractivity contribution in [1.29, 1.82) is 0 Å². The molecule has 0 aromatic rings. The predicted molar refractivity (Wildman–Crippen MR) is 301 cm³/mol. The Kier molecular flexibility index (Phi) is 46.2. The summed E-state index contributed by atoms with van der Waals surface area (Å²) in [5, 5.41) is 56.8. The monoisotopic (exact) mass is 1030 g/mol. The zero-order valence-corrected chi connectivity index (χ0v) is 46.2. The Labute approximate surface area is 444 Å². The second-order valence-corrected chi connectivity index (χ2v) is 20.1. The normalized spacial score (nSPS) is 20.0. The smallest absolute Gasteiger partial charge is 0.306 e. The van der Waals surface area contributed by atoms with E-state index in [0.717, 1.165) is 77.0 Å². The minimum atomic E-state index is -1.63. The first kappa shape index (κ1) is 67.9. The quantitative estimate of drug-likeness (QED) is 0.0149. The number of carbonyl (C=O) groups excluding carboxylic acids is 2. The highest BCUT2D eigenvalue weighted by molar-refractivity contribution is 5.80. The predicted octanol–water partition coefficient (Wildman–Crippen LogP) is 13.4. The van der Waals surface area contributed by atoms with Crippen LogP contribution in [0.5, 0.6) is 0 Å². The van der Waals surface area contributed by atoms with E-state index in [-0.39, 0.29) is 19.4 Å². The minimum absolute atomic E-state index is 0.110. The molecule has 0 bridgehead atoms. The van der Waals surface area contributed by atoms with E-state index >= 15 is 0 Å². The van der Waals surface area contributed by atoms with Gasteiger partial charge in [-0.25, -0.2) is 0 Å². The molecule has 0 aromatic carbocycles. The number of nitrogens with one attached hydrogen (secondary N) is 1. The standard InChI is InChI=1S/C62H107NO10/c1-4-7-10-13-16-19-22-25-27-28-29-32-35-38-41-44-47-50-57(67)73-60-59(69)58(68)56(51-64)72-62(60)71-52-53(54(65)48-45-42-39-36-33-30-24-21-18-15-12-9-6-3)63-61(70)55(66)49-46-43-40-37-34-31-26-23-20-17-14-11-8-5-2/h8,11,14,17,20,23,25-27,31,34,37,45,48,53-56,58-60,62,64-66,68-69H,4-7,9-10,12-13,15-16,18-19,21-22,24,28-30,32-33,35-36,38-44,46-47,49-52H2,1-3H3,(H,63,70)/b11-8+,17-14+,23-20-,27-25+,31-26-,37-34+,48-45+. The van der Waals surface area contributed by atoms with Crippen molar-refractivity contribution in [3.63, 3.8) is 0 Å². The number of aliphatic hydroxyl groups is 5. The second-order valence-electron chi connectivity index (χ2n) is 20.1. The van der Waals surface area contributed by atoms with Crippen molar-refractivity contribution < 1.29 is 49.3 Å². The Balaban J connectivity index is 2.76. The molecule has 1 saturated heterocycles. The number of hydrogen-bond donors (Lipinski definition) is 6. The fourth-order valence-corrected chi connectivity index (χ4v) is 8.72. The van der Waals surface area contributed by atoms with Gasteiger partial charge in [0, 0.05) is 6.42 Å². The topological polar surface area (TPSA) is 175 Å². The summed E-state index contributed by atoms with van der Waals surface area (Å²) in [7, 11) is 0. The zero-order valence-electron chi connectivity index (χ0n) is 46.2. The van der Waals surface area contributed by atoms with Crippen molar-refractivity contribution >= 4 is 11.9 Å². The first-order chi connectivity index (χ1) is 35.7. The van der Waals surface area contributed by atoms with Gasteiger partial charge in [0.15, 0.2) is 12.4 Å². The van der Waals surface area contributed by atoms with Crippen LogP contribution in [0.4, 0.5) is 0 Å². The summed E-state index contributed by atoms with van der Waals surface area (Å²) in [5.41, 5.74) is 0. The molecule has 0 saturated carbocycles. The number of carbonyl (C=O) groups is 2. The summed E-state index contributed by atoms with van der Waals surface area (Å²) >= 11 is 0. The number of hydrogen-bond acceptors (Lipinski definition) is 10. The number of esters is 1. The molecule has 0 radical (unpaired) electrons. The Hall–Kier alpha value is -3.16. The fourth-order valence-electron chi connectivity index (χ4n) is 8.72. The molecule has 1 aliphatic rings. The Morgan fingerprint density at radius 1 is 0.548 bits per heavy atom. The molecule has 420 valence electrons. The average Bonchev–Trinajstić information content (AvgIpc) is 3.39. The van der Waals surface area contributed by atoms with Crippen LogP contribution in [0.2, 0.25) is 0 Å². The molecule has 6 N–H and O–H groups in total. The van der Waals surface area contributed by atoms with Crippen LogP contribution in [-0.2, 0) is 23.8 Å². The molecule has 1 rings (SSSR count). The largest absolute Gasteiger partial charge is 0.454 e. The summed E-state index contributed by atoms with van der Waals surface area (Å²) in [6.07, 6.45) is 53.4. The highest BCUT2D eigenvalue weighted by Crippen LogP contribution is 2.26. The van der Waals surface area contributed by atoms with Gasteiger partial charge in [-0.1, -0.05) is 241 Å². The van der Waals surface area contributed by atoms with Gasteiger partial charge in [-0.05, 0) is 70.6 Å². The van der Waals surface area contributed by atoms with E-state index in [0.29, 0.717) is 12.8 Å². The zero-order chi connectivity index (χ0) is 53.3. The molecule has 73 heavy (non-hydrogen) atoms. The summed E-state index contributed by atoms with van der Waals surface area (Å²) in [6, 6.07) is -1.05. The van der Waals surface area contributed by atoms with E-state index in [4.69, 9.17) is 14.2 Å². The van der Waals surface area contributed by atoms with Gasteiger partial charge in [-0.2, -0.15) is 0 Å². The third-order valence-corrected chi connectivity index (χ3v) is 13.4. The van der Waals surface area contributed by atoms with Gasteiger partial charge in [0.2, 0.25) is 5.91 Å². The van der Waals surface area contributed by atoms with Crippen LogP contribution in [0.1, 0.15) is 233 Å². The molecule has 11 nitrogen and oxygen atoms in total. The first-order valence-corrected chi connectivity index (χ1v) is 29.4. The molecular formula is C62H107NO10. The van der Waals surface area contributed by atoms with E-state index < -0.39 is 67.4 Å². The van der Waals surface area contributed by atoms with Crippen LogP contribution < -0.4 is 5.32 Å². The number of ether oxygens (including phenoxy) is 3. The van der Waals surface area contributed by atoms with Gasteiger partial charge in [-0.15, -0.1) is 0 Å². The Bertz CT molecular complexity index is 1510. The summed E-state index contributed by atoms with van der Waals surface area (Å²) in [4.78, 5) is 26.5. The van der Waals surface area contributed by atoms with Gasteiger partial charge in [0.05, 0.1) is 25.4 Å². The third-order valence-electron chi connectivity index (χ3n) is 13.4. The van der Waals surface area contributed by atoms with Crippen LogP contribution in [-0.4, -0.2) is 99.6 Å². The van der Waals surface area contributed by atoms with E-state index in [1.54, 1.807) is 6.08 Å². The van der Waals surface area contributed by atoms with Gasteiger partial charge in [0.25, 0.3) is 0 Å². The van der Waals surface area contributed by atoms with Crippen molar-refractivity contribution in [1.82, 2.24) is 5.32 Å². The summed E-state index contributed by atoms with van der Waals surface area (Å²) in [6.45, 7) is 5.60. The van der Waals surface area contributed by atoms with Crippen LogP contribution in [0.25, 0.3) is 0 Å². The van der Waals surface area contributed by atoms with Crippen molar-refractivity contribution in [3.05, 3.63) is 85.1 Å². The van der Waals surface area contributed by atoms with Crippen molar-refractivity contribution in [2.24, 2.45) is 0 Å². The summed E-state index contributed by atoms with van der Waals surface area (Å²) in [5.74, 6) is -1.25. The summed E-state index contributed by atoms with van der Waals surface area (Å²) < 4.78 is 17.6. The fraction of sp³-hybridized carbons (Fsp3) is 0.742. The molecule has 1 amide bonds. The highest BCUT2D eigenvalue weighted by Gasteiger charge is 2.47. The van der Waals surface area contributed by atoms with Gasteiger partial charge < -0.3 is 45.1 Å². The third kappa shape index (κ3) is 38.1. The van der Waals surface area contributed by atoms with Gasteiger partial charge >= 0.3 is 5.97 Å². The van der Waals surface area contributed by atoms with Crippen LogP contribution in [0, 0.1) is 0 Å². The highest BCUT2D eigenvalue weighted by atomic mass is 16.7. The van der Waals surface area contributed by atoms with Gasteiger partial charge in [0.1, 0.15) is 24.4 Å². The maximum Gasteiger partial charge on any atom is 0.306 e. The average molecular weight is 1030 g/mol. The molecule has 8 atom stereocenters. The Morgan fingerprint density at radius 3 is 1.52 bits per heavy atom. The lowest BCUT2D eigenvalue weighted by atomic mass is 9.99. The molecule has 0 spiro atoms. The van der Waals surface area contributed by atoms with Crippen LogP contribution >= 0.6 is 0 Å². The minimum Gasteiger partial charge on any atom is -0.454 e. The van der Waals surface area contributed by atoms with Crippen LogP contribution in [0.15, 0.2) is 85.1 Å². The van der Waals surface area contributed by atoms with E-state index in [2.05, 4.69) is 44.3 Å². The first-order valence-electron chi connectivity index (χ1n) is 29.4. The van der Waals surface area contributed by atoms with Crippen molar-refractivity contribution in [3.8, 4) is 0 Å². The van der Waals surface area contributed by atoms with Crippen LogP contribution in [0.3, 0.4) is 0 Å². The maximum atomic E-state index is 13.4. The molecule has 0 aromatic heterocycles. The number of allylic oxidation sites excluding steroid dienone is 13.